The summed E-state index contributed by atoms with van der Waals surface area (Å²) in [4.78, 5) is -0.482. The van der Waals surface area contributed by atoms with Gasteiger partial charge in [0, 0.05) is 4.47 Å². The number of benzene rings is 1. The molecule has 0 unspecified atom stereocenters. The van der Waals surface area contributed by atoms with Crippen molar-refractivity contribution in [3.05, 3.63) is 33.2 Å². The number of rotatable bonds is 5. The number of nitrogens with zero attached hydrogens (tertiary/aromatic N) is 1. The fraction of sp³-hybridized carbons (Fsp3) is 0.182. The first kappa shape index (κ1) is 17.9. The quantitative estimate of drug-likeness (QED) is 0.769. The second-order valence-corrected chi connectivity index (χ2v) is 6.98. The molecule has 0 fully saturated rings. The van der Waals surface area contributed by atoms with Gasteiger partial charge in [0.05, 0.1) is 5.02 Å². The molecule has 0 aliphatic heterocycles. The zero-order valence-corrected chi connectivity index (χ0v) is 14.3. The van der Waals surface area contributed by atoms with Crippen molar-refractivity contribution in [1.29, 1.82) is 0 Å². The number of sulfonamides is 1. The molecule has 1 heterocycles. The van der Waals surface area contributed by atoms with Crippen molar-refractivity contribution in [3.8, 4) is 5.88 Å². The van der Waals surface area contributed by atoms with Gasteiger partial charge in [-0.15, -0.1) is 0 Å². The van der Waals surface area contributed by atoms with Gasteiger partial charge in [-0.25, -0.2) is 12.8 Å². The van der Waals surface area contributed by atoms with Crippen LogP contribution in [0.5, 0.6) is 5.88 Å². The van der Waals surface area contributed by atoms with Gasteiger partial charge in [-0.05, 0) is 40.1 Å². The maximum atomic E-state index is 13.2. The molecular weight excluding hydrogens is 429 g/mol. The minimum atomic E-state index is -4.36. The van der Waals surface area contributed by atoms with Gasteiger partial charge >= 0.3 is 6.61 Å². The lowest BCUT2D eigenvalue weighted by Crippen LogP contribution is -2.16. The predicted octanol–water partition coefficient (Wildman–Crippen LogP) is 3.94. The second-order valence-electron chi connectivity index (χ2n) is 4.10. The van der Waals surface area contributed by atoms with Gasteiger partial charge in [-0.3, -0.25) is 4.72 Å². The summed E-state index contributed by atoms with van der Waals surface area (Å²) in [6.07, 6.45) is 0. The summed E-state index contributed by atoms with van der Waals surface area (Å²) in [5, 5.41) is 2.78. The fourth-order valence-corrected chi connectivity index (χ4v) is 4.53. The minimum absolute atomic E-state index is 0.112. The van der Waals surface area contributed by atoms with Crippen molar-refractivity contribution in [2.75, 3.05) is 4.72 Å². The van der Waals surface area contributed by atoms with Crippen LogP contribution in [0, 0.1) is 12.7 Å². The number of hydrogen-bond acceptors (Lipinski definition) is 5. The summed E-state index contributed by atoms with van der Waals surface area (Å²) in [7, 11) is -4.36. The molecule has 2 aromatic rings. The van der Waals surface area contributed by atoms with Crippen LogP contribution in [0.3, 0.4) is 0 Å². The second kappa shape index (κ2) is 6.57. The lowest BCUT2D eigenvalue weighted by atomic mass is 10.3. The van der Waals surface area contributed by atoms with Gasteiger partial charge in [0.2, 0.25) is 0 Å². The minimum Gasteiger partial charge on any atom is -0.412 e. The van der Waals surface area contributed by atoms with E-state index < -0.39 is 43.9 Å². The Hall–Kier alpha value is -1.46. The Morgan fingerprint density at radius 2 is 2.09 bits per heavy atom. The van der Waals surface area contributed by atoms with Crippen LogP contribution in [0.1, 0.15) is 5.76 Å². The Balaban J connectivity index is 2.46. The van der Waals surface area contributed by atoms with Gasteiger partial charge in [-0.1, -0.05) is 11.6 Å². The Labute approximate surface area is 141 Å². The van der Waals surface area contributed by atoms with E-state index in [0.29, 0.717) is 0 Å². The molecule has 0 radical (unpaired) electrons. The highest BCUT2D eigenvalue weighted by Crippen LogP contribution is 2.35. The van der Waals surface area contributed by atoms with Gasteiger partial charge < -0.3 is 9.26 Å². The smallest absolute Gasteiger partial charge is 0.388 e. The van der Waals surface area contributed by atoms with Crippen LogP contribution in [-0.2, 0) is 10.0 Å². The normalized spacial score (nSPS) is 11.8. The molecule has 0 amide bonds. The van der Waals surface area contributed by atoms with Crippen molar-refractivity contribution in [1.82, 2.24) is 5.16 Å². The van der Waals surface area contributed by atoms with Crippen LogP contribution in [0.2, 0.25) is 5.02 Å². The van der Waals surface area contributed by atoms with Crippen molar-refractivity contribution in [2.24, 2.45) is 0 Å². The monoisotopic (exact) mass is 434 g/mol. The third kappa shape index (κ3) is 3.90. The standard InChI is InChI=1S/C11H7BrClF3N2O4S/c1-4-8(10(17-22-4)21-11(15)16)18-23(19,20)9-6(12)2-5(14)3-7(9)13/h2-3,11,18H,1H3. The molecule has 1 aromatic carbocycles. The molecule has 126 valence electrons. The van der Waals surface area contributed by atoms with Crippen LogP contribution < -0.4 is 9.46 Å². The largest absolute Gasteiger partial charge is 0.412 e. The van der Waals surface area contributed by atoms with Crippen molar-refractivity contribution >= 4 is 43.2 Å². The van der Waals surface area contributed by atoms with Gasteiger partial charge in [0.25, 0.3) is 15.9 Å². The third-order valence-corrected chi connectivity index (χ3v) is 5.25. The molecule has 0 spiro atoms. The lowest BCUT2D eigenvalue weighted by molar-refractivity contribution is -0.0541. The highest BCUT2D eigenvalue weighted by atomic mass is 79.9. The van der Waals surface area contributed by atoms with E-state index in [-0.39, 0.29) is 10.2 Å². The topological polar surface area (TPSA) is 81.4 Å². The number of nitrogens with one attached hydrogen (secondary N) is 1. The van der Waals surface area contributed by atoms with E-state index in [1.807, 2.05) is 4.72 Å². The molecule has 0 aliphatic rings. The molecule has 0 atom stereocenters. The van der Waals surface area contributed by atoms with E-state index in [0.717, 1.165) is 12.1 Å². The summed E-state index contributed by atoms with van der Waals surface area (Å²) in [5.41, 5.74) is -0.419. The molecule has 23 heavy (non-hydrogen) atoms. The maximum absolute atomic E-state index is 13.2. The highest BCUT2D eigenvalue weighted by molar-refractivity contribution is 9.10. The SMILES string of the molecule is Cc1onc(OC(F)F)c1NS(=O)(=O)c1c(Cl)cc(F)cc1Br. The van der Waals surface area contributed by atoms with Crippen LogP contribution >= 0.6 is 27.5 Å². The Morgan fingerprint density at radius 1 is 1.43 bits per heavy atom. The van der Waals surface area contributed by atoms with E-state index in [4.69, 9.17) is 11.6 Å². The molecular formula is C11H7BrClF3N2O4S. The summed E-state index contributed by atoms with van der Waals surface area (Å²) in [6.45, 7) is -1.95. The molecule has 1 N–H and O–H groups in total. The summed E-state index contributed by atoms with van der Waals surface area (Å²) in [5.74, 6) is -1.61. The fourth-order valence-electron chi connectivity index (χ4n) is 1.60. The molecule has 0 bridgehead atoms. The van der Waals surface area contributed by atoms with Crippen molar-refractivity contribution in [3.63, 3.8) is 0 Å². The number of anilines is 1. The first-order valence-electron chi connectivity index (χ1n) is 5.70. The Bertz CT molecular complexity index is 821. The first-order valence-corrected chi connectivity index (χ1v) is 8.35. The predicted molar refractivity (Wildman–Crippen MR) is 77.8 cm³/mol. The van der Waals surface area contributed by atoms with E-state index in [1.54, 1.807) is 0 Å². The lowest BCUT2D eigenvalue weighted by Gasteiger charge is -2.11. The average Bonchev–Trinajstić information content (AvgIpc) is 2.68. The zero-order valence-electron chi connectivity index (χ0n) is 11.1. The number of aromatic nitrogens is 1. The van der Waals surface area contributed by atoms with Crippen LogP contribution in [0.4, 0.5) is 18.9 Å². The summed E-state index contributed by atoms with van der Waals surface area (Å²) in [6, 6.07) is 1.68. The molecule has 0 saturated heterocycles. The molecule has 2 rings (SSSR count). The number of hydrogen-bond donors (Lipinski definition) is 1. The van der Waals surface area contributed by atoms with E-state index >= 15 is 0 Å². The third-order valence-electron chi connectivity index (χ3n) is 2.50. The van der Waals surface area contributed by atoms with Crippen molar-refractivity contribution < 1.29 is 30.8 Å². The molecule has 12 heteroatoms. The Kier molecular flexibility index (Phi) is 5.11. The number of aryl methyl sites for hydroxylation is 1. The van der Waals surface area contributed by atoms with Crippen molar-refractivity contribution in [2.45, 2.75) is 18.4 Å². The number of alkyl halides is 2. The van der Waals surface area contributed by atoms with Crippen LogP contribution in [-0.4, -0.2) is 20.2 Å². The van der Waals surface area contributed by atoms with Crippen LogP contribution in [0.15, 0.2) is 26.0 Å². The summed E-state index contributed by atoms with van der Waals surface area (Å²) >= 11 is 8.63. The first-order chi connectivity index (χ1) is 10.6. The molecule has 0 saturated carbocycles. The highest BCUT2D eigenvalue weighted by Gasteiger charge is 2.27. The van der Waals surface area contributed by atoms with E-state index in [2.05, 4.69) is 30.3 Å². The zero-order chi connectivity index (χ0) is 17.4. The summed E-state index contributed by atoms with van der Waals surface area (Å²) < 4.78 is 73.0. The van der Waals surface area contributed by atoms with Gasteiger partial charge in [-0.2, -0.15) is 8.78 Å². The van der Waals surface area contributed by atoms with Crippen LogP contribution in [0.25, 0.3) is 0 Å². The van der Waals surface area contributed by atoms with E-state index in [9.17, 15) is 21.6 Å². The number of ether oxygens (including phenoxy) is 1. The van der Waals surface area contributed by atoms with Gasteiger partial charge in [0.1, 0.15) is 10.7 Å². The maximum Gasteiger partial charge on any atom is 0.388 e. The molecule has 6 nitrogen and oxygen atoms in total. The Morgan fingerprint density at radius 3 is 2.65 bits per heavy atom. The molecule has 1 aromatic heterocycles. The van der Waals surface area contributed by atoms with Gasteiger partial charge in [0.15, 0.2) is 11.4 Å². The molecule has 0 aliphatic carbocycles. The average molecular weight is 436 g/mol. The van der Waals surface area contributed by atoms with E-state index in [1.165, 1.54) is 6.92 Å². The number of halogens is 5.